The highest BCUT2D eigenvalue weighted by molar-refractivity contribution is 5.00. The van der Waals surface area contributed by atoms with Crippen LogP contribution in [-0.4, -0.2) is 13.6 Å². The quantitative estimate of drug-likeness (QED) is 0.449. The monoisotopic (exact) mass is 183 g/mol. The first-order valence-electron chi connectivity index (χ1n) is 5.58. The summed E-state index contributed by atoms with van der Waals surface area (Å²) in [4.78, 5) is 0. The average Bonchev–Trinajstić information content (AvgIpc) is 2.16. The molecule has 1 N–H and O–H groups in total. The highest BCUT2D eigenvalue weighted by Gasteiger charge is 2.09. The van der Waals surface area contributed by atoms with Crippen LogP contribution in [0.4, 0.5) is 0 Å². The van der Waals surface area contributed by atoms with E-state index in [0.717, 1.165) is 13.0 Å². The smallest absolute Gasteiger partial charge is 0.00137 e. The largest absolute Gasteiger partial charge is 0.319 e. The molecule has 0 amide bonds. The van der Waals surface area contributed by atoms with Gasteiger partial charge in [-0.1, -0.05) is 45.3 Å². The van der Waals surface area contributed by atoms with Crippen molar-refractivity contribution in [1.29, 1.82) is 0 Å². The van der Waals surface area contributed by atoms with Crippen molar-refractivity contribution in [3.63, 3.8) is 0 Å². The van der Waals surface area contributed by atoms with Gasteiger partial charge in [0.25, 0.3) is 0 Å². The summed E-state index contributed by atoms with van der Waals surface area (Å²) in [7, 11) is 2.02. The van der Waals surface area contributed by atoms with E-state index in [1.165, 1.54) is 31.3 Å². The number of nitrogens with one attached hydrogen (secondary N) is 1. The molecule has 78 valence electrons. The Morgan fingerprint density at radius 2 is 2.00 bits per heavy atom. The fourth-order valence-corrected chi connectivity index (χ4v) is 1.63. The summed E-state index contributed by atoms with van der Waals surface area (Å²) in [5.74, 6) is 0.696. The molecule has 1 unspecified atom stereocenters. The lowest BCUT2D eigenvalue weighted by Gasteiger charge is -2.17. The molecule has 0 aliphatic carbocycles. The molecule has 0 fully saturated rings. The fraction of sp³-hybridized carbons (Fsp3) is 0.833. The summed E-state index contributed by atoms with van der Waals surface area (Å²) in [5, 5.41) is 3.25. The third-order valence-electron chi connectivity index (χ3n) is 2.64. The molecule has 0 aliphatic heterocycles. The minimum Gasteiger partial charge on any atom is -0.319 e. The van der Waals surface area contributed by atoms with Gasteiger partial charge in [-0.25, -0.2) is 0 Å². The van der Waals surface area contributed by atoms with Gasteiger partial charge in [0.05, 0.1) is 0 Å². The van der Waals surface area contributed by atoms with Crippen molar-refractivity contribution in [3.05, 3.63) is 12.2 Å². The maximum atomic E-state index is 4.13. The maximum Gasteiger partial charge on any atom is 0.00137 e. The SMILES string of the molecule is C=C(CC)C(CCCCC)CNC. The highest BCUT2D eigenvalue weighted by atomic mass is 14.8. The molecule has 1 nitrogen and oxygen atoms in total. The zero-order valence-electron chi connectivity index (χ0n) is 9.53. The van der Waals surface area contributed by atoms with E-state index in [1.807, 2.05) is 7.05 Å². The Balaban J connectivity index is 3.73. The van der Waals surface area contributed by atoms with Gasteiger partial charge in [0.15, 0.2) is 0 Å². The molecule has 0 heterocycles. The summed E-state index contributed by atoms with van der Waals surface area (Å²) < 4.78 is 0. The van der Waals surface area contributed by atoms with Gasteiger partial charge in [-0.15, -0.1) is 0 Å². The van der Waals surface area contributed by atoms with E-state index in [4.69, 9.17) is 0 Å². The number of hydrogen-bond donors (Lipinski definition) is 1. The van der Waals surface area contributed by atoms with Gasteiger partial charge < -0.3 is 5.32 Å². The molecule has 0 radical (unpaired) electrons. The second kappa shape index (κ2) is 8.31. The Bertz CT molecular complexity index is 129. The Labute approximate surface area is 83.6 Å². The molecule has 0 rings (SSSR count). The van der Waals surface area contributed by atoms with Crippen molar-refractivity contribution in [3.8, 4) is 0 Å². The van der Waals surface area contributed by atoms with Gasteiger partial charge >= 0.3 is 0 Å². The van der Waals surface area contributed by atoms with E-state index in [9.17, 15) is 0 Å². The van der Waals surface area contributed by atoms with Gasteiger partial charge in [0.2, 0.25) is 0 Å². The van der Waals surface area contributed by atoms with E-state index >= 15 is 0 Å². The summed E-state index contributed by atoms with van der Waals surface area (Å²) in [6.07, 6.45) is 6.45. The first kappa shape index (κ1) is 12.7. The van der Waals surface area contributed by atoms with Crippen molar-refractivity contribution >= 4 is 0 Å². The van der Waals surface area contributed by atoms with Crippen molar-refractivity contribution in [2.45, 2.75) is 46.0 Å². The predicted octanol–water partition coefficient (Wildman–Crippen LogP) is 3.37. The molecule has 0 spiro atoms. The molecule has 0 saturated carbocycles. The predicted molar refractivity (Wildman–Crippen MR) is 61.0 cm³/mol. The molecular weight excluding hydrogens is 158 g/mol. The van der Waals surface area contributed by atoms with Crippen molar-refractivity contribution < 1.29 is 0 Å². The van der Waals surface area contributed by atoms with Crippen molar-refractivity contribution in [2.75, 3.05) is 13.6 Å². The van der Waals surface area contributed by atoms with Crippen LogP contribution in [0.2, 0.25) is 0 Å². The second-order valence-electron chi connectivity index (χ2n) is 3.76. The zero-order chi connectivity index (χ0) is 10.1. The molecule has 0 aromatic rings. The number of rotatable bonds is 8. The van der Waals surface area contributed by atoms with Gasteiger partial charge in [-0.3, -0.25) is 0 Å². The van der Waals surface area contributed by atoms with Gasteiger partial charge in [0.1, 0.15) is 0 Å². The van der Waals surface area contributed by atoms with E-state index in [-0.39, 0.29) is 0 Å². The third kappa shape index (κ3) is 5.87. The van der Waals surface area contributed by atoms with Gasteiger partial charge in [-0.2, -0.15) is 0 Å². The first-order valence-corrected chi connectivity index (χ1v) is 5.58. The second-order valence-corrected chi connectivity index (χ2v) is 3.76. The number of unbranched alkanes of at least 4 members (excludes halogenated alkanes) is 2. The summed E-state index contributed by atoms with van der Waals surface area (Å²) in [6, 6.07) is 0. The van der Waals surface area contributed by atoms with E-state index in [2.05, 4.69) is 25.7 Å². The lowest BCUT2D eigenvalue weighted by molar-refractivity contribution is 0.488. The molecular formula is C12H25N. The Morgan fingerprint density at radius 3 is 2.46 bits per heavy atom. The molecule has 1 heteroatoms. The Morgan fingerprint density at radius 1 is 1.31 bits per heavy atom. The Hall–Kier alpha value is -0.300. The van der Waals surface area contributed by atoms with Crippen LogP contribution in [0.3, 0.4) is 0 Å². The molecule has 0 saturated heterocycles. The van der Waals surface area contributed by atoms with Crippen molar-refractivity contribution in [2.24, 2.45) is 5.92 Å². The van der Waals surface area contributed by atoms with Crippen LogP contribution in [-0.2, 0) is 0 Å². The zero-order valence-corrected chi connectivity index (χ0v) is 9.53. The van der Waals surface area contributed by atoms with Gasteiger partial charge in [-0.05, 0) is 25.8 Å². The maximum absolute atomic E-state index is 4.13. The van der Waals surface area contributed by atoms with E-state index in [1.54, 1.807) is 0 Å². The molecule has 0 aromatic carbocycles. The molecule has 1 atom stereocenters. The van der Waals surface area contributed by atoms with Crippen molar-refractivity contribution in [1.82, 2.24) is 5.32 Å². The summed E-state index contributed by atoms with van der Waals surface area (Å²) >= 11 is 0. The normalized spacial score (nSPS) is 12.8. The van der Waals surface area contributed by atoms with Crippen LogP contribution < -0.4 is 5.32 Å². The average molecular weight is 183 g/mol. The molecule has 0 aromatic heterocycles. The van der Waals surface area contributed by atoms with Crippen LogP contribution in [0.1, 0.15) is 46.0 Å². The van der Waals surface area contributed by atoms with Gasteiger partial charge in [0, 0.05) is 6.54 Å². The molecule has 0 aliphatic rings. The van der Waals surface area contributed by atoms with Crippen LogP contribution in [0.25, 0.3) is 0 Å². The van der Waals surface area contributed by atoms with Crippen LogP contribution in [0.5, 0.6) is 0 Å². The third-order valence-corrected chi connectivity index (χ3v) is 2.64. The molecule has 0 bridgehead atoms. The van der Waals surface area contributed by atoms with E-state index in [0.29, 0.717) is 5.92 Å². The molecule has 13 heavy (non-hydrogen) atoms. The topological polar surface area (TPSA) is 12.0 Å². The lowest BCUT2D eigenvalue weighted by atomic mass is 9.92. The fourth-order valence-electron chi connectivity index (χ4n) is 1.63. The van der Waals surface area contributed by atoms with E-state index < -0.39 is 0 Å². The van der Waals surface area contributed by atoms with Crippen LogP contribution in [0, 0.1) is 5.92 Å². The standard InChI is InChI=1S/C12H25N/c1-5-7-8-9-12(10-13-4)11(3)6-2/h12-13H,3,5-10H2,1-2,4H3. The lowest BCUT2D eigenvalue weighted by Crippen LogP contribution is -2.20. The highest BCUT2D eigenvalue weighted by Crippen LogP contribution is 2.18. The number of hydrogen-bond acceptors (Lipinski definition) is 1. The minimum atomic E-state index is 0.696. The minimum absolute atomic E-state index is 0.696. The van der Waals surface area contributed by atoms with Crippen LogP contribution in [0.15, 0.2) is 12.2 Å². The first-order chi connectivity index (χ1) is 6.26. The Kier molecular flexibility index (Phi) is 8.11. The van der Waals surface area contributed by atoms with Crippen LogP contribution >= 0.6 is 0 Å². The summed E-state index contributed by atoms with van der Waals surface area (Å²) in [5.41, 5.74) is 1.41. The summed E-state index contributed by atoms with van der Waals surface area (Å²) in [6.45, 7) is 9.68.